The minimum absolute atomic E-state index is 0.351. The SMILES string of the molecule is O=C(O)C1CCCN(c2ncnc3scc(-c4ccc(Cl)cc4)c23)C1. The summed E-state index contributed by atoms with van der Waals surface area (Å²) >= 11 is 7.58. The van der Waals surface area contributed by atoms with Crippen LogP contribution in [0.3, 0.4) is 0 Å². The topological polar surface area (TPSA) is 66.3 Å². The molecule has 7 heteroatoms. The van der Waals surface area contributed by atoms with Gasteiger partial charge >= 0.3 is 5.97 Å². The number of rotatable bonds is 3. The van der Waals surface area contributed by atoms with Crippen LogP contribution in [0, 0.1) is 5.92 Å². The zero-order valence-electron chi connectivity index (χ0n) is 13.4. The highest BCUT2D eigenvalue weighted by molar-refractivity contribution is 7.17. The smallest absolute Gasteiger partial charge is 0.308 e. The molecule has 0 bridgehead atoms. The number of anilines is 1. The second-order valence-electron chi connectivity index (χ2n) is 6.16. The molecular weight excluding hydrogens is 358 g/mol. The number of benzene rings is 1. The molecule has 3 heterocycles. The Labute approximate surface area is 153 Å². The Kier molecular flexibility index (Phi) is 4.31. The van der Waals surface area contributed by atoms with E-state index in [0.29, 0.717) is 18.0 Å². The van der Waals surface area contributed by atoms with Crippen molar-refractivity contribution in [2.45, 2.75) is 12.8 Å². The average molecular weight is 374 g/mol. The van der Waals surface area contributed by atoms with Crippen molar-refractivity contribution in [1.29, 1.82) is 0 Å². The van der Waals surface area contributed by atoms with Crippen LogP contribution in [0.15, 0.2) is 36.0 Å². The van der Waals surface area contributed by atoms with Gasteiger partial charge in [0.15, 0.2) is 0 Å². The fraction of sp³-hybridized carbons (Fsp3) is 0.278. The predicted molar refractivity (Wildman–Crippen MR) is 100 cm³/mol. The minimum atomic E-state index is -0.738. The highest BCUT2D eigenvalue weighted by Gasteiger charge is 2.28. The molecule has 1 aliphatic rings. The maximum atomic E-state index is 11.4. The molecule has 0 radical (unpaired) electrons. The van der Waals surface area contributed by atoms with Crippen molar-refractivity contribution in [2.24, 2.45) is 5.92 Å². The van der Waals surface area contributed by atoms with E-state index in [0.717, 1.165) is 40.1 Å². The lowest BCUT2D eigenvalue weighted by Crippen LogP contribution is -2.39. The van der Waals surface area contributed by atoms with Gasteiger partial charge in [-0.05, 0) is 30.5 Å². The van der Waals surface area contributed by atoms with Gasteiger partial charge in [-0.15, -0.1) is 11.3 Å². The number of carbonyl (C=O) groups is 1. The Balaban J connectivity index is 1.80. The van der Waals surface area contributed by atoms with Crippen molar-refractivity contribution in [3.05, 3.63) is 41.0 Å². The van der Waals surface area contributed by atoms with Gasteiger partial charge in [-0.3, -0.25) is 4.79 Å². The number of nitrogens with zero attached hydrogens (tertiary/aromatic N) is 3. The van der Waals surface area contributed by atoms with E-state index in [1.165, 1.54) is 0 Å². The molecule has 4 rings (SSSR count). The van der Waals surface area contributed by atoms with Crippen molar-refractivity contribution < 1.29 is 9.90 Å². The maximum Gasteiger partial charge on any atom is 0.308 e. The highest BCUT2D eigenvalue weighted by Crippen LogP contribution is 2.39. The van der Waals surface area contributed by atoms with E-state index < -0.39 is 5.97 Å². The number of fused-ring (bicyclic) bond motifs is 1. The van der Waals surface area contributed by atoms with Crippen molar-refractivity contribution in [3.8, 4) is 11.1 Å². The summed E-state index contributed by atoms with van der Waals surface area (Å²) in [6, 6.07) is 7.70. The van der Waals surface area contributed by atoms with Gasteiger partial charge in [0.2, 0.25) is 0 Å². The first-order valence-electron chi connectivity index (χ1n) is 8.09. The van der Waals surface area contributed by atoms with Crippen molar-refractivity contribution >= 4 is 44.9 Å². The lowest BCUT2D eigenvalue weighted by molar-refractivity contribution is -0.141. The molecule has 1 saturated heterocycles. The van der Waals surface area contributed by atoms with Crippen LogP contribution in [0.25, 0.3) is 21.3 Å². The van der Waals surface area contributed by atoms with E-state index in [9.17, 15) is 9.90 Å². The molecule has 128 valence electrons. The molecule has 1 fully saturated rings. The van der Waals surface area contributed by atoms with Crippen LogP contribution in [0.1, 0.15) is 12.8 Å². The predicted octanol–water partition coefficient (Wildman–Crippen LogP) is 4.31. The zero-order valence-corrected chi connectivity index (χ0v) is 14.9. The van der Waals surface area contributed by atoms with Crippen LogP contribution in [-0.4, -0.2) is 34.1 Å². The molecule has 1 atom stereocenters. The van der Waals surface area contributed by atoms with Crippen molar-refractivity contribution in [1.82, 2.24) is 9.97 Å². The standard InChI is InChI=1S/C18H16ClN3O2S/c19-13-5-3-11(4-6-13)14-9-25-17-15(14)16(20-10-21-17)22-7-1-2-12(8-22)18(23)24/h3-6,9-10,12H,1-2,7-8H2,(H,23,24). The number of carboxylic acids is 1. The first-order chi connectivity index (χ1) is 12.1. The molecule has 1 aliphatic heterocycles. The zero-order chi connectivity index (χ0) is 17.4. The Morgan fingerprint density at radius 1 is 1.28 bits per heavy atom. The van der Waals surface area contributed by atoms with Gasteiger partial charge in [-0.1, -0.05) is 23.7 Å². The van der Waals surface area contributed by atoms with E-state index in [4.69, 9.17) is 11.6 Å². The number of hydrogen-bond acceptors (Lipinski definition) is 5. The molecular formula is C18H16ClN3O2S. The third-order valence-electron chi connectivity index (χ3n) is 4.58. The van der Waals surface area contributed by atoms with Gasteiger partial charge in [-0.25, -0.2) is 9.97 Å². The van der Waals surface area contributed by atoms with Gasteiger partial charge in [0.25, 0.3) is 0 Å². The summed E-state index contributed by atoms with van der Waals surface area (Å²) in [6.45, 7) is 1.29. The fourth-order valence-electron chi connectivity index (χ4n) is 3.31. The Bertz CT molecular complexity index is 926. The molecule has 0 spiro atoms. The van der Waals surface area contributed by atoms with Gasteiger partial charge in [0.1, 0.15) is 17.0 Å². The van der Waals surface area contributed by atoms with Crippen LogP contribution in [-0.2, 0) is 4.79 Å². The Morgan fingerprint density at radius 2 is 2.08 bits per heavy atom. The highest BCUT2D eigenvalue weighted by atomic mass is 35.5. The first-order valence-corrected chi connectivity index (χ1v) is 9.35. The number of aromatic nitrogens is 2. The molecule has 1 N–H and O–H groups in total. The van der Waals surface area contributed by atoms with Gasteiger partial charge < -0.3 is 10.0 Å². The maximum absolute atomic E-state index is 11.4. The third-order valence-corrected chi connectivity index (χ3v) is 5.71. The number of piperidine rings is 1. The van der Waals surface area contributed by atoms with Crippen LogP contribution >= 0.6 is 22.9 Å². The summed E-state index contributed by atoms with van der Waals surface area (Å²) in [6.07, 6.45) is 3.13. The lowest BCUT2D eigenvalue weighted by atomic mass is 9.97. The quantitative estimate of drug-likeness (QED) is 0.740. The largest absolute Gasteiger partial charge is 0.481 e. The van der Waals surface area contributed by atoms with Crippen LogP contribution in [0.5, 0.6) is 0 Å². The number of hydrogen-bond donors (Lipinski definition) is 1. The monoisotopic (exact) mass is 373 g/mol. The second-order valence-corrected chi connectivity index (χ2v) is 7.45. The van der Waals surface area contributed by atoms with E-state index in [2.05, 4.69) is 20.2 Å². The number of carboxylic acid groups (broad SMARTS) is 1. The summed E-state index contributed by atoms with van der Waals surface area (Å²) in [5, 5.41) is 13.1. The Hall–Kier alpha value is -2.18. The summed E-state index contributed by atoms with van der Waals surface area (Å²) < 4.78 is 0. The normalized spacial score (nSPS) is 17.8. The minimum Gasteiger partial charge on any atom is -0.481 e. The Morgan fingerprint density at radius 3 is 2.84 bits per heavy atom. The number of thiophene rings is 1. The van der Waals surface area contributed by atoms with E-state index in [1.807, 2.05) is 24.3 Å². The van der Waals surface area contributed by atoms with E-state index >= 15 is 0 Å². The van der Waals surface area contributed by atoms with E-state index in [-0.39, 0.29) is 5.92 Å². The molecule has 2 aromatic heterocycles. The van der Waals surface area contributed by atoms with E-state index in [1.54, 1.807) is 17.7 Å². The summed E-state index contributed by atoms with van der Waals surface area (Å²) in [4.78, 5) is 23.3. The van der Waals surface area contributed by atoms with Gasteiger partial charge in [0, 0.05) is 29.1 Å². The molecule has 1 aromatic carbocycles. The molecule has 1 unspecified atom stereocenters. The summed E-state index contributed by atoms with van der Waals surface area (Å²) in [5.74, 6) is -0.267. The van der Waals surface area contributed by atoms with Crippen molar-refractivity contribution in [2.75, 3.05) is 18.0 Å². The average Bonchev–Trinajstić information content (AvgIpc) is 3.06. The van der Waals surface area contributed by atoms with Gasteiger partial charge in [0.05, 0.1) is 11.3 Å². The fourth-order valence-corrected chi connectivity index (χ4v) is 4.35. The molecule has 25 heavy (non-hydrogen) atoms. The van der Waals surface area contributed by atoms with Crippen LogP contribution in [0.2, 0.25) is 5.02 Å². The molecule has 0 amide bonds. The molecule has 3 aromatic rings. The van der Waals surface area contributed by atoms with Crippen LogP contribution in [0.4, 0.5) is 5.82 Å². The summed E-state index contributed by atoms with van der Waals surface area (Å²) in [5.41, 5.74) is 2.11. The van der Waals surface area contributed by atoms with Crippen LogP contribution < -0.4 is 4.90 Å². The second kappa shape index (κ2) is 6.61. The number of halogens is 1. The third kappa shape index (κ3) is 3.07. The lowest BCUT2D eigenvalue weighted by Gasteiger charge is -2.32. The van der Waals surface area contributed by atoms with Crippen molar-refractivity contribution in [3.63, 3.8) is 0 Å². The molecule has 0 saturated carbocycles. The molecule has 5 nitrogen and oxygen atoms in total. The summed E-state index contributed by atoms with van der Waals surface area (Å²) in [7, 11) is 0. The number of aliphatic carboxylic acids is 1. The first kappa shape index (κ1) is 16.3. The van der Waals surface area contributed by atoms with Gasteiger partial charge in [-0.2, -0.15) is 0 Å². The molecule has 0 aliphatic carbocycles.